The van der Waals surface area contributed by atoms with Crippen LogP contribution in [0.2, 0.25) is 0 Å². The van der Waals surface area contributed by atoms with E-state index >= 15 is 0 Å². The first-order valence-electron chi connectivity index (χ1n) is 8.49. The predicted molar refractivity (Wildman–Crippen MR) is 103 cm³/mol. The van der Waals surface area contributed by atoms with Crippen molar-refractivity contribution in [1.29, 1.82) is 0 Å². The van der Waals surface area contributed by atoms with Crippen molar-refractivity contribution in [3.8, 4) is 0 Å². The molecule has 0 aliphatic carbocycles. The molecule has 0 radical (unpaired) electrons. The van der Waals surface area contributed by atoms with Gasteiger partial charge in [0.05, 0.1) is 16.9 Å². The molecule has 2 N–H and O–H groups in total. The second kappa shape index (κ2) is 8.49. The average molecular weight is 436 g/mol. The van der Waals surface area contributed by atoms with Crippen LogP contribution in [0.4, 0.5) is 24.8 Å². The third-order valence-corrected chi connectivity index (χ3v) is 5.23. The van der Waals surface area contributed by atoms with Gasteiger partial charge in [-0.25, -0.2) is 23.1 Å². The highest BCUT2D eigenvalue weighted by atomic mass is 32.2. The van der Waals surface area contributed by atoms with Gasteiger partial charge in [-0.3, -0.25) is 4.79 Å². The molecular weight excluding hydrogens is 421 g/mol. The quantitative estimate of drug-likeness (QED) is 0.616. The van der Waals surface area contributed by atoms with E-state index in [0.29, 0.717) is 11.3 Å². The molecule has 0 aliphatic heterocycles. The highest BCUT2D eigenvalue weighted by Crippen LogP contribution is 2.29. The summed E-state index contributed by atoms with van der Waals surface area (Å²) in [5, 5.41) is 2.56. The van der Waals surface area contributed by atoms with Gasteiger partial charge in [0.2, 0.25) is 11.9 Å². The minimum absolute atomic E-state index is 0.0595. The molecule has 1 heterocycles. The van der Waals surface area contributed by atoms with Gasteiger partial charge >= 0.3 is 6.18 Å². The van der Waals surface area contributed by atoms with E-state index in [2.05, 4.69) is 20.0 Å². The lowest BCUT2D eigenvalue weighted by atomic mass is 10.1. The topological polar surface area (TPSA) is 101 Å². The summed E-state index contributed by atoms with van der Waals surface area (Å²) in [5.74, 6) is -0.535. The maximum atomic E-state index is 12.6. The highest BCUT2D eigenvalue weighted by molar-refractivity contribution is 7.92. The Balaban J connectivity index is 1.62. The number of nitrogens with one attached hydrogen (secondary N) is 2. The summed E-state index contributed by atoms with van der Waals surface area (Å²) in [7, 11) is -3.90. The Labute approximate surface area is 170 Å². The molecule has 30 heavy (non-hydrogen) atoms. The first-order valence-corrected chi connectivity index (χ1v) is 9.98. The van der Waals surface area contributed by atoms with Crippen molar-refractivity contribution < 1.29 is 26.4 Å². The maximum Gasteiger partial charge on any atom is 0.416 e. The highest BCUT2D eigenvalue weighted by Gasteiger charge is 2.30. The molecule has 0 fully saturated rings. The van der Waals surface area contributed by atoms with Gasteiger partial charge in [0.1, 0.15) is 0 Å². The van der Waals surface area contributed by atoms with Crippen molar-refractivity contribution in [2.45, 2.75) is 17.5 Å². The first kappa shape index (κ1) is 21.2. The molecule has 0 spiro atoms. The van der Waals surface area contributed by atoms with Crippen molar-refractivity contribution in [3.05, 3.63) is 78.1 Å². The second-order valence-corrected chi connectivity index (χ2v) is 7.80. The van der Waals surface area contributed by atoms with E-state index in [1.807, 2.05) is 0 Å². The molecule has 1 amide bonds. The van der Waals surface area contributed by atoms with Crippen LogP contribution in [-0.4, -0.2) is 24.3 Å². The fourth-order valence-corrected chi connectivity index (χ4v) is 3.41. The Morgan fingerprint density at radius 1 is 0.933 bits per heavy atom. The van der Waals surface area contributed by atoms with Crippen molar-refractivity contribution >= 4 is 27.6 Å². The van der Waals surface area contributed by atoms with Crippen LogP contribution in [0.15, 0.2) is 71.9 Å². The third kappa shape index (κ3) is 5.54. The Bertz CT molecular complexity index is 1120. The van der Waals surface area contributed by atoms with Crippen LogP contribution in [0.25, 0.3) is 0 Å². The molecule has 156 valence electrons. The molecule has 11 heteroatoms. The van der Waals surface area contributed by atoms with Gasteiger partial charge in [-0.2, -0.15) is 13.2 Å². The monoisotopic (exact) mass is 436 g/mol. The molecule has 3 rings (SSSR count). The number of rotatable bonds is 6. The lowest BCUT2D eigenvalue weighted by Gasteiger charge is -2.09. The van der Waals surface area contributed by atoms with Crippen LogP contribution in [0, 0.1) is 0 Å². The summed E-state index contributed by atoms with van der Waals surface area (Å²) in [4.78, 5) is 19.6. The number of hydrogen-bond acceptors (Lipinski definition) is 5. The predicted octanol–water partition coefficient (Wildman–Crippen LogP) is 3.48. The minimum atomic E-state index is -4.44. The van der Waals surface area contributed by atoms with Crippen molar-refractivity contribution in [2.24, 2.45) is 0 Å². The Morgan fingerprint density at radius 2 is 1.53 bits per heavy atom. The van der Waals surface area contributed by atoms with E-state index in [-0.39, 0.29) is 17.3 Å². The van der Waals surface area contributed by atoms with Crippen molar-refractivity contribution in [3.63, 3.8) is 0 Å². The van der Waals surface area contributed by atoms with E-state index in [4.69, 9.17) is 0 Å². The molecule has 3 aromatic rings. The smallest absolute Gasteiger partial charge is 0.326 e. The summed E-state index contributed by atoms with van der Waals surface area (Å²) < 4.78 is 64.6. The molecule has 0 bridgehead atoms. The lowest BCUT2D eigenvalue weighted by Crippen LogP contribution is -2.16. The average Bonchev–Trinajstić information content (AvgIpc) is 2.68. The van der Waals surface area contributed by atoms with Gasteiger partial charge in [0, 0.05) is 18.1 Å². The minimum Gasteiger partial charge on any atom is -0.326 e. The maximum absolute atomic E-state index is 12.6. The molecule has 0 aliphatic rings. The number of aromatic nitrogens is 2. The SMILES string of the molecule is O=C(Cc1ccc(C(F)(F)F)cc1)Nc1ccc(S(=O)(=O)Nc2ncccn2)cc1. The fourth-order valence-electron chi connectivity index (χ4n) is 2.45. The fraction of sp³-hybridized carbons (Fsp3) is 0.105. The van der Waals surface area contributed by atoms with E-state index < -0.39 is 27.7 Å². The summed E-state index contributed by atoms with van der Waals surface area (Å²) in [6.45, 7) is 0. The number of carbonyl (C=O) groups excluding carboxylic acids is 1. The number of carbonyl (C=O) groups is 1. The molecule has 0 atom stereocenters. The number of sulfonamides is 1. The van der Waals surface area contributed by atoms with Gasteiger partial charge in [0.25, 0.3) is 10.0 Å². The Morgan fingerprint density at radius 3 is 2.10 bits per heavy atom. The number of benzene rings is 2. The Kier molecular flexibility index (Phi) is 6.01. The largest absolute Gasteiger partial charge is 0.416 e. The number of hydrogen-bond donors (Lipinski definition) is 2. The summed E-state index contributed by atoms with van der Waals surface area (Å²) in [5.41, 5.74) is -0.0495. The van der Waals surface area contributed by atoms with Crippen molar-refractivity contribution in [2.75, 3.05) is 10.0 Å². The third-order valence-electron chi connectivity index (χ3n) is 3.89. The van der Waals surface area contributed by atoms with Crippen LogP contribution in [-0.2, 0) is 27.4 Å². The molecule has 0 unspecified atom stereocenters. The zero-order chi connectivity index (χ0) is 21.8. The number of nitrogens with zero attached hydrogens (tertiary/aromatic N) is 2. The standard InChI is InChI=1S/C19H15F3N4O3S/c20-19(21,22)14-4-2-13(3-5-14)12-17(27)25-15-6-8-16(9-7-15)30(28,29)26-18-23-10-1-11-24-18/h1-11H,12H2,(H,25,27)(H,23,24,26). The van der Waals surface area contributed by atoms with Gasteiger partial charge in [-0.1, -0.05) is 12.1 Å². The van der Waals surface area contributed by atoms with Crippen LogP contribution in [0.3, 0.4) is 0 Å². The molecule has 2 aromatic carbocycles. The number of anilines is 2. The molecule has 1 aromatic heterocycles. The zero-order valence-electron chi connectivity index (χ0n) is 15.2. The summed E-state index contributed by atoms with van der Waals surface area (Å²) in [6.07, 6.45) is -1.80. The zero-order valence-corrected chi connectivity index (χ0v) is 16.0. The number of halogens is 3. The summed E-state index contributed by atoms with van der Waals surface area (Å²) in [6, 6.07) is 11.2. The van der Waals surface area contributed by atoms with Crippen LogP contribution in [0.5, 0.6) is 0 Å². The van der Waals surface area contributed by atoms with Gasteiger partial charge in [-0.15, -0.1) is 0 Å². The molecule has 0 saturated carbocycles. The van der Waals surface area contributed by atoms with Crippen LogP contribution in [0.1, 0.15) is 11.1 Å². The van der Waals surface area contributed by atoms with Gasteiger partial charge < -0.3 is 5.32 Å². The summed E-state index contributed by atoms with van der Waals surface area (Å²) >= 11 is 0. The van der Waals surface area contributed by atoms with Crippen LogP contribution < -0.4 is 10.0 Å². The second-order valence-electron chi connectivity index (χ2n) is 6.12. The van der Waals surface area contributed by atoms with Gasteiger partial charge in [0.15, 0.2) is 0 Å². The van der Waals surface area contributed by atoms with Crippen LogP contribution >= 0.6 is 0 Å². The van der Waals surface area contributed by atoms with E-state index in [1.165, 1.54) is 48.8 Å². The van der Waals surface area contributed by atoms with E-state index in [0.717, 1.165) is 12.1 Å². The Hall–Kier alpha value is -3.47. The van der Waals surface area contributed by atoms with E-state index in [1.54, 1.807) is 6.07 Å². The normalized spacial score (nSPS) is 11.7. The van der Waals surface area contributed by atoms with Crippen molar-refractivity contribution in [1.82, 2.24) is 9.97 Å². The van der Waals surface area contributed by atoms with E-state index in [9.17, 15) is 26.4 Å². The molecule has 7 nitrogen and oxygen atoms in total. The van der Waals surface area contributed by atoms with Gasteiger partial charge in [-0.05, 0) is 48.0 Å². The molecule has 0 saturated heterocycles. The first-order chi connectivity index (χ1) is 14.1. The number of alkyl halides is 3. The number of amides is 1. The molecular formula is C19H15F3N4O3S. The lowest BCUT2D eigenvalue weighted by molar-refractivity contribution is -0.137.